The maximum Gasteiger partial charge on any atom is 0.166 e. The smallest absolute Gasteiger partial charge is 0.0898 e. The van der Waals surface area contributed by atoms with Gasteiger partial charge in [0.2, 0.25) is 0 Å². The largest absolute Gasteiger partial charge is 0.166 e. The van der Waals surface area contributed by atoms with Gasteiger partial charge in [0.1, 0.15) is 0 Å². The lowest BCUT2D eigenvalue weighted by molar-refractivity contribution is 1.21. The molecule has 0 radical (unpaired) electrons. The van der Waals surface area contributed by atoms with Gasteiger partial charge in [0.15, 0.2) is 14.7 Å². The first kappa shape index (κ1) is 25.3. The zero-order valence-corrected chi connectivity index (χ0v) is 23.5. The SMILES string of the molecule is Cc1cc([S+](c2ccccc2)c2ccc(-c3ccccc3)cc2)ccc1Sc1ccc(-c2ccccc2)cc1. The van der Waals surface area contributed by atoms with E-state index in [-0.39, 0.29) is 10.9 Å². The minimum atomic E-state index is -0.178. The Kier molecular flexibility index (Phi) is 7.67. The van der Waals surface area contributed by atoms with Crippen molar-refractivity contribution < 1.29 is 0 Å². The minimum absolute atomic E-state index is 0.178. The first-order valence-electron chi connectivity index (χ1n) is 13.1. The molecular formula is C37H29S2+. The molecule has 0 heterocycles. The highest BCUT2D eigenvalue weighted by Crippen LogP contribution is 2.37. The second-order valence-corrected chi connectivity index (χ2v) is 12.6. The molecule has 2 heteroatoms. The van der Waals surface area contributed by atoms with Gasteiger partial charge in [0.05, 0.1) is 10.9 Å². The van der Waals surface area contributed by atoms with Gasteiger partial charge in [-0.15, -0.1) is 0 Å². The third kappa shape index (κ3) is 5.88. The van der Waals surface area contributed by atoms with Crippen molar-refractivity contribution >= 4 is 22.7 Å². The molecule has 6 aromatic carbocycles. The van der Waals surface area contributed by atoms with Gasteiger partial charge in [-0.05, 0) is 101 Å². The molecule has 0 spiro atoms. The third-order valence-corrected chi connectivity index (χ3v) is 10.1. The molecule has 0 saturated carbocycles. The van der Waals surface area contributed by atoms with Gasteiger partial charge in [-0.3, -0.25) is 0 Å². The zero-order chi connectivity index (χ0) is 26.4. The minimum Gasteiger partial charge on any atom is -0.0898 e. The molecule has 0 bridgehead atoms. The van der Waals surface area contributed by atoms with Gasteiger partial charge in [0.25, 0.3) is 0 Å². The van der Waals surface area contributed by atoms with Gasteiger partial charge in [-0.25, -0.2) is 0 Å². The van der Waals surface area contributed by atoms with E-state index in [1.807, 2.05) is 11.8 Å². The summed E-state index contributed by atoms with van der Waals surface area (Å²) in [6, 6.07) is 57.0. The number of aryl methyl sites for hydroxylation is 1. The van der Waals surface area contributed by atoms with Gasteiger partial charge in [-0.1, -0.05) is 103 Å². The first-order valence-corrected chi connectivity index (χ1v) is 15.2. The maximum absolute atomic E-state index is 2.38. The van der Waals surface area contributed by atoms with Crippen molar-refractivity contribution in [3.63, 3.8) is 0 Å². The van der Waals surface area contributed by atoms with Crippen molar-refractivity contribution in [1.82, 2.24) is 0 Å². The van der Waals surface area contributed by atoms with E-state index >= 15 is 0 Å². The summed E-state index contributed by atoms with van der Waals surface area (Å²) in [4.78, 5) is 6.56. The Morgan fingerprint density at radius 2 is 0.846 bits per heavy atom. The first-order chi connectivity index (χ1) is 19.2. The molecule has 6 aromatic rings. The predicted molar refractivity (Wildman–Crippen MR) is 168 cm³/mol. The lowest BCUT2D eigenvalue weighted by Gasteiger charge is -2.12. The average Bonchev–Trinajstić information content (AvgIpc) is 3.01. The Morgan fingerprint density at radius 1 is 0.410 bits per heavy atom. The molecule has 0 amide bonds. The van der Waals surface area contributed by atoms with Gasteiger partial charge < -0.3 is 0 Å². The molecule has 1 unspecified atom stereocenters. The van der Waals surface area contributed by atoms with Crippen LogP contribution in [-0.4, -0.2) is 0 Å². The predicted octanol–water partition coefficient (Wildman–Crippen LogP) is 10.6. The highest BCUT2D eigenvalue weighted by molar-refractivity contribution is 7.99. The van der Waals surface area contributed by atoms with Crippen molar-refractivity contribution in [2.75, 3.05) is 0 Å². The Morgan fingerprint density at radius 3 is 1.38 bits per heavy atom. The number of hydrogen-bond donors (Lipinski definition) is 0. The Balaban J connectivity index is 1.28. The van der Waals surface area contributed by atoms with E-state index < -0.39 is 0 Å². The van der Waals surface area contributed by atoms with Crippen LogP contribution >= 0.6 is 11.8 Å². The summed E-state index contributed by atoms with van der Waals surface area (Å²) in [6.07, 6.45) is 0. The standard InChI is InChI=1S/C37H29S2/c1-28-27-36(25-26-37(28)38-33-21-17-31(18-22-33)29-11-5-2-6-12-29)39(34-15-9-4-10-16-34)35-23-19-32(20-24-35)30-13-7-3-8-14-30/h2-27H,1H3/q+1. The molecule has 0 aliphatic heterocycles. The fourth-order valence-electron chi connectivity index (χ4n) is 4.72. The number of rotatable bonds is 7. The van der Waals surface area contributed by atoms with Crippen molar-refractivity contribution in [1.29, 1.82) is 0 Å². The van der Waals surface area contributed by atoms with E-state index in [1.54, 1.807) is 0 Å². The van der Waals surface area contributed by atoms with Crippen LogP contribution in [0.3, 0.4) is 0 Å². The summed E-state index contributed by atoms with van der Waals surface area (Å²) in [5, 5.41) is 0. The van der Waals surface area contributed by atoms with Crippen LogP contribution < -0.4 is 0 Å². The second-order valence-electron chi connectivity index (χ2n) is 9.43. The van der Waals surface area contributed by atoms with Crippen molar-refractivity contribution in [2.45, 2.75) is 31.4 Å². The molecule has 0 aliphatic rings. The van der Waals surface area contributed by atoms with Gasteiger partial charge in [0, 0.05) is 9.79 Å². The van der Waals surface area contributed by atoms with E-state index in [9.17, 15) is 0 Å². The Labute approximate surface area is 238 Å². The summed E-state index contributed by atoms with van der Waals surface area (Å²) in [6.45, 7) is 2.23. The number of hydrogen-bond acceptors (Lipinski definition) is 1. The lowest BCUT2D eigenvalue weighted by atomic mass is 10.1. The highest BCUT2D eigenvalue weighted by atomic mass is 32.2. The van der Waals surface area contributed by atoms with Gasteiger partial charge >= 0.3 is 0 Å². The number of benzene rings is 6. The second kappa shape index (κ2) is 11.8. The summed E-state index contributed by atoms with van der Waals surface area (Å²) in [5.74, 6) is 0. The Hall–Kier alpha value is -3.98. The monoisotopic (exact) mass is 537 g/mol. The summed E-state index contributed by atoms with van der Waals surface area (Å²) < 4.78 is 0. The van der Waals surface area contributed by atoms with Crippen molar-refractivity contribution in [3.05, 3.63) is 163 Å². The molecule has 1 atom stereocenters. The molecule has 188 valence electrons. The van der Waals surface area contributed by atoms with E-state index in [1.165, 1.54) is 52.3 Å². The highest BCUT2D eigenvalue weighted by Gasteiger charge is 2.29. The summed E-state index contributed by atoms with van der Waals surface area (Å²) in [7, 11) is -0.178. The molecule has 6 rings (SSSR count). The fourth-order valence-corrected chi connectivity index (χ4v) is 7.75. The van der Waals surface area contributed by atoms with Crippen molar-refractivity contribution in [2.24, 2.45) is 0 Å². The van der Waals surface area contributed by atoms with Crippen LogP contribution in [-0.2, 0) is 10.9 Å². The maximum atomic E-state index is 2.38. The molecule has 0 N–H and O–H groups in total. The zero-order valence-electron chi connectivity index (χ0n) is 21.8. The van der Waals surface area contributed by atoms with Crippen LogP contribution in [0.15, 0.2) is 182 Å². The fraction of sp³-hybridized carbons (Fsp3) is 0.0270. The Bertz CT molecular complexity index is 1640. The molecular weight excluding hydrogens is 509 g/mol. The van der Waals surface area contributed by atoms with Crippen LogP contribution in [0.4, 0.5) is 0 Å². The lowest BCUT2D eigenvalue weighted by Crippen LogP contribution is -2.05. The molecule has 0 nitrogen and oxygen atoms in total. The van der Waals surface area contributed by atoms with E-state index in [4.69, 9.17) is 0 Å². The average molecular weight is 538 g/mol. The van der Waals surface area contributed by atoms with Crippen LogP contribution in [0.2, 0.25) is 0 Å². The summed E-state index contributed by atoms with van der Waals surface area (Å²) >= 11 is 1.83. The van der Waals surface area contributed by atoms with Crippen molar-refractivity contribution in [3.8, 4) is 22.3 Å². The molecule has 0 aromatic heterocycles. The van der Waals surface area contributed by atoms with Crippen LogP contribution in [0, 0.1) is 6.92 Å². The summed E-state index contributed by atoms with van der Waals surface area (Å²) in [5.41, 5.74) is 6.30. The van der Waals surface area contributed by atoms with Crippen LogP contribution in [0.1, 0.15) is 5.56 Å². The van der Waals surface area contributed by atoms with E-state index in [0.29, 0.717) is 0 Å². The topological polar surface area (TPSA) is 0 Å². The molecule has 0 aliphatic carbocycles. The normalized spacial score (nSPS) is 11.7. The van der Waals surface area contributed by atoms with Crippen LogP contribution in [0.25, 0.3) is 22.3 Å². The third-order valence-electron chi connectivity index (χ3n) is 6.75. The van der Waals surface area contributed by atoms with E-state index in [0.717, 1.165) is 0 Å². The quantitative estimate of drug-likeness (QED) is 0.183. The van der Waals surface area contributed by atoms with Gasteiger partial charge in [-0.2, -0.15) is 0 Å². The molecule has 0 saturated heterocycles. The molecule has 0 fully saturated rings. The molecule has 39 heavy (non-hydrogen) atoms. The van der Waals surface area contributed by atoms with Crippen LogP contribution in [0.5, 0.6) is 0 Å². The van der Waals surface area contributed by atoms with E-state index in [2.05, 4.69) is 165 Å².